The minimum Gasteiger partial charge on any atom is -0.393 e. The molecule has 0 heterocycles. The predicted octanol–water partition coefficient (Wildman–Crippen LogP) is 1.19. The van der Waals surface area contributed by atoms with Crippen molar-refractivity contribution in [3.8, 4) is 0 Å². The molecule has 1 N–H and O–H groups in total. The number of hydrogen-bond donors (Lipinski definition) is 1. The summed E-state index contributed by atoms with van der Waals surface area (Å²) < 4.78 is 0. The second-order valence-electron chi connectivity index (χ2n) is 2.07. The summed E-state index contributed by atoms with van der Waals surface area (Å²) in [5.41, 5.74) is 0. The average Bonchev–Trinajstić information content (AvgIpc) is 1.27. The fourth-order valence-corrected chi connectivity index (χ4v) is 0.471. The van der Waals surface area contributed by atoms with Gasteiger partial charge in [-0.2, -0.15) is 0 Å². The zero-order valence-electron chi connectivity index (χ0n) is 4.94. The molecule has 0 aromatic rings. The number of rotatable bonds is 2. The summed E-state index contributed by atoms with van der Waals surface area (Å²) in [7, 11) is 0. The molecule has 0 bridgehead atoms. The highest BCUT2D eigenvalue weighted by atomic mass is 16.3. The lowest BCUT2D eigenvalue weighted by atomic mass is 10.1. The van der Waals surface area contributed by atoms with Crippen molar-refractivity contribution < 1.29 is 5.11 Å². The van der Waals surface area contributed by atoms with Crippen LogP contribution in [0.5, 0.6) is 0 Å². The molecular weight excluding hydrogens is 88.1 g/mol. The molecule has 1 nitrogen and oxygen atoms in total. The van der Waals surface area contributed by atoms with Crippen molar-refractivity contribution >= 4 is 0 Å². The smallest absolute Gasteiger partial charge is 0.0546 e. The summed E-state index contributed by atoms with van der Waals surface area (Å²) in [5.74, 6) is 1.22. The van der Waals surface area contributed by atoms with Crippen LogP contribution in [0.15, 0.2) is 0 Å². The van der Waals surface area contributed by atoms with Crippen molar-refractivity contribution in [2.24, 2.45) is 0 Å². The lowest BCUT2D eigenvalue weighted by molar-refractivity contribution is 0.215. The Kier molecular flexibility index (Phi) is 3.01. The summed E-state index contributed by atoms with van der Waals surface area (Å²) in [5, 5.41) is 8.59. The second-order valence-corrected chi connectivity index (χ2v) is 2.07. The fourth-order valence-electron chi connectivity index (χ4n) is 0.471. The Morgan fingerprint density at radius 2 is 2.14 bits per heavy atom. The lowest BCUT2D eigenvalue weighted by Crippen LogP contribution is -2.02. The van der Waals surface area contributed by atoms with E-state index in [1.54, 1.807) is 0 Å². The molecular formula is C6H12O. The second kappa shape index (κ2) is 3.03. The third kappa shape index (κ3) is 5.96. The van der Waals surface area contributed by atoms with Crippen LogP contribution in [-0.4, -0.2) is 11.2 Å². The highest BCUT2D eigenvalue weighted by Crippen LogP contribution is 2.04. The van der Waals surface area contributed by atoms with Gasteiger partial charge < -0.3 is 5.11 Å². The largest absolute Gasteiger partial charge is 0.393 e. The highest BCUT2D eigenvalue weighted by Gasteiger charge is 1.97. The quantitative estimate of drug-likeness (QED) is 0.552. The zero-order chi connectivity index (χ0) is 5.86. The molecule has 0 aromatic carbocycles. The fraction of sp³-hybridized carbons (Fsp3) is 0.667. The number of aliphatic hydroxyl groups excluding tert-OH is 1. The van der Waals surface area contributed by atoms with Gasteiger partial charge in [-0.1, -0.05) is 13.8 Å². The molecule has 0 fully saturated rings. The Labute approximate surface area is 45.4 Å². The highest BCUT2D eigenvalue weighted by molar-refractivity contribution is 4.80. The average molecular weight is 100 g/mol. The maximum absolute atomic E-state index is 8.59. The maximum Gasteiger partial charge on any atom is 0.0546 e. The Hall–Kier alpha value is -0.0400. The maximum atomic E-state index is 8.59. The first kappa shape index (κ1) is 6.96. The molecule has 0 saturated heterocycles. The van der Waals surface area contributed by atoms with Gasteiger partial charge in [0.2, 0.25) is 0 Å². The van der Waals surface area contributed by atoms with Crippen LogP contribution in [0, 0.1) is 12.8 Å². The van der Waals surface area contributed by atoms with Crippen LogP contribution >= 0.6 is 0 Å². The summed E-state index contributed by atoms with van der Waals surface area (Å²) >= 11 is 0. The first-order valence-corrected chi connectivity index (χ1v) is 2.43. The molecule has 0 rings (SSSR count). The van der Waals surface area contributed by atoms with Gasteiger partial charge in [-0.05, 0) is 19.3 Å². The predicted molar refractivity (Wildman–Crippen MR) is 30.6 cm³/mol. The molecule has 1 unspecified atom stereocenters. The van der Waals surface area contributed by atoms with E-state index < -0.39 is 6.10 Å². The molecule has 0 amide bonds. The van der Waals surface area contributed by atoms with Crippen molar-refractivity contribution in [3.05, 3.63) is 12.8 Å². The van der Waals surface area contributed by atoms with Crippen molar-refractivity contribution in [1.29, 1.82) is 0 Å². The van der Waals surface area contributed by atoms with Crippen LogP contribution in [0.3, 0.4) is 0 Å². The van der Waals surface area contributed by atoms with E-state index >= 15 is 0 Å². The third-order valence-corrected chi connectivity index (χ3v) is 0.644. The van der Waals surface area contributed by atoms with E-state index in [0.717, 1.165) is 6.42 Å². The van der Waals surface area contributed by atoms with Gasteiger partial charge in [0, 0.05) is 0 Å². The van der Waals surface area contributed by atoms with Gasteiger partial charge in [0.05, 0.1) is 6.10 Å². The summed E-state index contributed by atoms with van der Waals surface area (Å²) in [4.78, 5) is 0. The molecule has 1 heteroatoms. The lowest BCUT2D eigenvalue weighted by Gasteiger charge is -2.04. The topological polar surface area (TPSA) is 20.2 Å². The van der Waals surface area contributed by atoms with Crippen LogP contribution in [0.4, 0.5) is 0 Å². The van der Waals surface area contributed by atoms with Crippen LogP contribution in [-0.2, 0) is 0 Å². The van der Waals surface area contributed by atoms with Gasteiger partial charge >= 0.3 is 0 Å². The van der Waals surface area contributed by atoms with E-state index in [-0.39, 0.29) is 0 Å². The van der Waals surface area contributed by atoms with Crippen LogP contribution in [0.1, 0.15) is 20.3 Å². The first-order chi connectivity index (χ1) is 3.13. The van der Waals surface area contributed by atoms with Crippen molar-refractivity contribution in [1.82, 2.24) is 0 Å². The van der Waals surface area contributed by atoms with E-state index in [4.69, 9.17) is 5.11 Å². The standard InChI is InChI=1S/C6H12O/c1-5(2)4-6(3)7/h6-7H,3-4H2,1-2H3. The minimum atomic E-state index is -0.412. The van der Waals surface area contributed by atoms with Crippen molar-refractivity contribution in [2.45, 2.75) is 26.4 Å². The summed E-state index contributed by atoms with van der Waals surface area (Å²) in [6.07, 6.45) is 0.310. The zero-order valence-corrected chi connectivity index (χ0v) is 4.94. The molecule has 7 heavy (non-hydrogen) atoms. The molecule has 0 aliphatic heterocycles. The van der Waals surface area contributed by atoms with Crippen LogP contribution < -0.4 is 0 Å². The Balaban J connectivity index is 2.95. The van der Waals surface area contributed by atoms with Gasteiger partial charge in [-0.25, -0.2) is 0 Å². The van der Waals surface area contributed by atoms with E-state index in [9.17, 15) is 0 Å². The third-order valence-electron chi connectivity index (χ3n) is 0.644. The van der Waals surface area contributed by atoms with Gasteiger partial charge in [0.15, 0.2) is 0 Å². The molecule has 0 aliphatic rings. The van der Waals surface area contributed by atoms with Crippen molar-refractivity contribution in [3.63, 3.8) is 0 Å². The first-order valence-electron chi connectivity index (χ1n) is 2.43. The van der Waals surface area contributed by atoms with E-state index in [2.05, 4.69) is 6.92 Å². The number of aliphatic hydroxyl groups is 1. The summed E-state index contributed by atoms with van der Waals surface area (Å²) in [6.45, 7) is 7.37. The van der Waals surface area contributed by atoms with Crippen molar-refractivity contribution in [2.75, 3.05) is 0 Å². The molecule has 2 radical (unpaired) electrons. The van der Waals surface area contributed by atoms with E-state index in [1.165, 1.54) is 5.92 Å². The normalized spacial score (nSPS) is 15.0. The van der Waals surface area contributed by atoms with Gasteiger partial charge in [0.1, 0.15) is 0 Å². The number of hydrogen-bond acceptors (Lipinski definition) is 1. The summed E-state index contributed by atoms with van der Waals surface area (Å²) in [6, 6.07) is 0. The van der Waals surface area contributed by atoms with Crippen LogP contribution in [0.25, 0.3) is 0 Å². The monoisotopic (exact) mass is 100 g/mol. The molecule has 0 saturated carbocycles. The van der Waals surface area contributed by atoms with E-state index in [1.807, 2.05) is 13.8 Å². The Morgan fingerprint density at radius 3 is 2.14 bits per heavy atom. The van der Waals surface area contributed by atoms with E-state index in [0.29, 0.717) is 0 Å². The van der Waals surface area contributed by atoms with Gasteiger partial charge in [-0.3, -0.25) is 0 Å². The molecule has 0 aliphatic carbocycles. The minimum absolute atomic E-state index is 0.412. The SMILES string of the molecule is [CH2]C(O)C[C](C)C. The van der Waals surface area contributed by atoms with Gasteiger partial charge in [-0.15, -0.1) is 0 Å². The van der Waals surface area contributed by atoms with Gasteiger partial charge in [0.25, 0.3) is 0 Å². The Morgan fingerprint density at radius 1 is 1.71 bits per heavy atom. The molecule has 0 aromatic heterocycles. The Bertz CT molecular complexity index is 33.4. The molecule has 1 atom stereocenters. The molecule has 42 valence electrons. The van der Waals surface area contributed by atoms with Crippen LogP contribution in [0.2, 0.25) is 0 Å². The molecule has 0 spiro atoms.